The fraction of sp³-hybridized carbons (Fsp3) is 0.321. The molecule has 1 saturated heterocycles. The molecule has 10 nitrogen and oxygen atoms in total. The summed E-state index contributed by atoms with van der Waals surface area (Å²) in [6.07, 6.45) is 0. The molecule has 3 aromatic carbocycles. The van der Waals surface area contributed by atoms with Crippen LogP contribution in [-0.2, 0) is 29.6 Å². The van der Waals surface area contributed by atoms with Crippen LogP contribution in [-0.4, -0.2) is 67.0 Å². The highest BCUT2D eigenvalue weighted by Crippen LogP contribution is 2.31. The van der Waals surface area contributed by atoms with Gasteiger partial charge in [-0.25, -0.2) is 16.8 Å². The lowest BCUT2D eigenvalue weighted by atomic mass is 10.1. The summed E-state index contributed by atoms with van der Waals surface area (Å²) >= 11 is 0. The summed E-state index contributed by atoms with van der Waals surface area (Å²) in [5.74, 6) is -0.440. The number of sulfonamides is 2. The Hall–Kier alpha value is -3.45. The predicted molar refractivity (Wildman–Crippen MR) is 153 cm³/mol. The summed E-state index contributed by atoms with van der Waals surface area (Å²) in [6, 6.07) is 15.8. The summed E-state index contributed by atoms with van der Waals surface area (Å²) in [7, 11) is -6.58. The molecule has 3 aromatic rings. The SMILES string of the molecule is COc1ccc(S(=O)(=O)N2CCOCC2)cc1NC(=O)CN(c1cccc(C)c1C)S(=O)(=O)c1ccc(C)cc1. The molecule has 1 aliphatic rings. The number of methoxy groups -OCH3 is 1. The fourth-order valence-electron chi connectivity index (χ4n) is 4.34. The van der Waals surface area contributed by atoms with Crippen LogP contribution < -0.4 is 14.4 Å². The molecule has 0 spiro atoms. The van der Waals surface area contributed by atoms with Crippen molar-refractivity contribution in [3.8, 4) is 5.75 Å². The van der Waals surface area contributed by atoms with Gasteiger partial charge in [-0.2, -0.15) is 4.31 Å². The van der Waals surface area contributed by atoms with Gasteiger partial charge in [-0.15, -0.1) is 0 Å². The van der Waals surface area contributed by atoms with Crippen molar-refractivity contribution in [2.24, 2.45) is 0 Å². The van der Waals surface area contributed by atoms with E-state index in [1.54, 1.807) is 31.2 Å². The highest BCUT2D eigenvalue weighted by molar-refractivity contribution is 7.92. The maximum Gasteiger partial charge on any atom is 0.264 e. The molecule has 1 aliphatic heterocycles. The zero-order chi connectivity index (χ0) is 29.1. The number of ether oxygens (including phenoxy) is 2. The number of hydrogen-bond acceptors (Lipinski definition) is 7. The third-order valence-electron chi connectivity index (χ3n) is 6.79. The molecule has 0 aliphatic carbocycles. The van der Waals surface area contributed by atoms with Crippen LogP contribution in [0.1, 0.15) is 16.7 Å². The summed E-state index contributed by atoms with van der Waals surface area (Å²) < 4.78 is 67.0. The number of carbonyl (C=O) groups is 1. The van der Waals surface area contributed by atoms with Crippen molar-refractivity contribution in [2.75, 3.05) is 49.6 Å². The highest BCUT2D eigenvalue weighted by atomic mass is 32.2. The molecule has 1 amide bonds. The van der Waals surface area contributed by atoms with Gasteiger partial charge < -0.3 is 14.8 Å². The Morgan fingerprint density at radius 1 is 0.950 bits per heavy atom. The molecule has 214 valence electrons. The van der Waals surface area contributed by atoms with E-state index in [4.69, 9.17) is 9.47 Å². The molecule has 1 heterocycles. The minimum absolute atomic E-state index is 0.0239. The normalized spacial score (nSPS) is 14.5. The third kappa shape index (κ3) is 6.15. The van der Waals surface area contributed by atoms with Crippen LogP contribution in [0.4, 0.5) is 11.4 Å². The van der Waals surface area contributed by atoms with Crippen molar-refractivity contribution in [1.82, 2.24) is 4.31 Å². The number of carbonyl (C=O) groups excluding carboxylic acids is 1. The number of amides is 1. The molecule has 1 fully saturated rings. The number of nitrogens with zero attached hydrogens (tertiary/aromatic N) is 2. The second kappa shape index (κ2) is 12.0. The van der Waals surface area contributed by atoms with Gasteiger partial charge in [0, 0.05) is 13.1 Å². The first-order valence-corrected chi connectivity index (χ1v) is 15.5. The van der Waals surface area contributed by atoms with Crippen LogP contribution in [0.5, 0.6) is 5.75 Å². The van der Waals surface area contributed by atoms with Crippen molar-refractivity contribution in [2.45, 2.75) is 30.6 Å². The summed E-state index contributed by atoms with van der Waals surface area (Å²) in [5.41, 5.74) is 2.95. The monoisotopic (exact) mass is 587 g/mol. The van der Waals surface area contributed by atoms with Crippen molar-refractivity contribution in [3.63, 3.8) is 0 Å². The van der Waals surface area contributed by atoms with E-state index >= 15 is 0 Å². The Labute approximate surface area is 235 Å². The fourth-order valence-corrected chi connectivity index (χ4v) is 7.26. The molecule has 1 N–H and O–H groups in total. The van der Waals surface area contributed by atoms with Crippen molar-refractivity contribution in [1.29, 1.82) is 0 Å². The average molecular weight is 588 g/mol. The number of nitrogens with one attached hydrogen (secondary N) is 1. The van der Waals surface area contributed by atoms with Crippen LogP contribution in [0.15, 0.2) is 70.5 Å². The largest absolute Gasteiger partial charge is 0.495 e. The average Bonchev–Trinajstić information content (AvgIpc) is 2.94. The smallest absolute Gasteiger partial charge is 0.264 e. The van der Waals surface area contributed by atoms with E-state index in [1.807, 2.05) is 19.9 Å². The minimum Gasteiger partial charge on any atom is -0.495 e. The Kier molecular flexibility index (Phi) is 8.83. The van der Waals surface area contributed by atoms with E-state index in [0.717, 1.165) is 15.4 Å². The van der Waals surface area contributed by atoms with Gasteiger partial charge >= 0.3 is 0 Å². The zero-order valence-electron chi connectivity index (χ0n) is 22.9. The molecular formula is C28H33N3O7S2. The first-order chi connectivity index (χ1) is 18.9. The molecule has 0 bridgehead atoms. The summed E-state index contributed by atoms with van der Waals surface area (Å²) in [4.78, 5) is 13.4. The van der Waals surface area contributed by atoms with Crippen LogP contribution in [0.2, 0.25) is 0 Å². The van der Waals surface area contributed by atoms with Crippen molar-refractivity contribution >= 4 is 37.3 Å². The van der Waals surface area contributed by atoms with Crippen molar-refractivity contribution < 1.29 is 31.1 Å². The quantitative estimate of drug-likeness (QED) is 0.407. The number of rotatable bonds is 9. The van der Waals surface area contributed by atoms with E-state index in [9.17, 15) is 21.6 Å². The van der Waals surface area contributed by atoms with E-state index in [2.05, 4.69) is 5.32 Å². The predicted octanol–water partition coefficient (Wildman–Crippen LogP) is 3.48. The molecule has 0 atom stereocenters. The molecule has 0 radical (unpaired) electrons. The van der Waals surface area contributed by atoms with Crippen LogP contribution in [0.25, 0.3) is 0 Å². The van der Waals surface area contributed by atoms with Gasteiger partial charge in [-0.3, -0.25) is 9.10 Å². The second-order valence-electron chi connectivity index (χ2n) is 9.47. The van der Waals surface area contributed by atoms with Gasteiger partial charge in [0.15, 0.2) is 0 Å². The van der Waals surface area contributed by atoms with E-state index in [0.29, 0.717) is 24.5 Å². The number of hydrogen-bond donors (Lipinski definition) is 1. The Balaban J connectivity index is 1.68. The lowest BCUT2D eigenvalue weighted by Gasteiger charge is -2.27. The molecule has 4 rings (SSSR count). The first kappa shape index (κ1) is 29.5. The molecule has 0 unspecified atom stereocenters. The van der Waals surface area contributed by atoms with Crippen molar-refractivity contribution in [3.05, 3.63) is 77.4 Å². The highest BCUT2D eigenvalue weighted by Gasteiger charge is 2.30. The summed E-state index contributed by atoms with van der Waals surface area (Å²) in [5, 5.41) is 2.67. The van der Waals surface area contributed by atoms with Gasteiger partial charge in [-0.1, -0.05) is 29.8 Å². The lowest BCUT2D eigenvalue weighted by Crippen LogP contribution is -2.40. The van der Waals surface area contributed by atoms with Crippen LogP contribution >= 0.6 is 0 Å². The maximum atomic E-state index is 13.8. The first-order valence-electron chi connectivity index (χ1n) is 12.7. The number of aryl methyl sites for hydroxylation is 2. The topological polar surface area (TPSA) is 122 Å². The molecule has 40 heavy (non-hydrogen) atoms. The number of anilines is 2. The van der Waals surface area contributed by atoms with Gasteiger partial charge in [0.05, 0.1) is 41.5 Å². The zero-order valence-corrected chi connectivity index (χ0v) is 24.5. The van der Waals surface area contributed by atoms with Gasteiger partial charge in [0.2, 0.25) is 15.9 Å². The summed E-state index contributed by atoms with van der Waals surface area (Å²) in [6.45, 7) is 5.99. The molecule has 12 heteroatoms. The number of morpholine rings is 1. The van der Waals surface area contributed by atoms with Gasteiger partial charge in [0.25, 0.3) is 10.0 Å². The van der Waals surface area contributed by atoms with Gasteiger partial charge in [0.1, 0.15) is 12.3 Å². The Morgan fingerprint density at radius 2 is 1.60 bits per heavy atom. The maximum absolute atomic E-state index is 13.8. The van der Waals surface area contributed by atoms with Crippen LogP contribution in [0, 0.1) is 20.8 Å². The standard InChI is InChI=1S/C28H33N3O7S2/c1-20-8-10-23(11-9-20)40(35,36)31(26-7-5-6-21(2)22(26)3)19-28(32)29-25-18-24(12-13-27(25)37-4)39(33,34)30-14-16-38-17-15-30/h5-13,18H,14-17,19H2,1-4H3,(H,29,32). The minimum atomic E-state index is -4.13. The van der Waals surface area contributed by atoms with E-state index < -0.39 is 32.5 Å². The third-order valence-corrected chi connectivity index (χ3v) is 10.5. The van der Waals surface area contributed by atoms with Crippen LogP contribution in [0.3, 0.4) is 0 Å². The molecule has 0 aromatic heterocycles. The molecular weight excluding hydrogens is 554 g/mol. The Bertz CT molecular complexity index is 1600. The van der Waals surface area contributed by atoms with Gasteiger partial charge in [-0.05, 0) is 68.3 Å². The second-order valence-corrected chi connectivity index (χ2v) is 13.3. The molecule has 0 saturated carbocycles. The van der Waals surface area contributed by atoms with E-state index in [1.165, 1.54) is 41.7 Å². The lowest BCUT2D eigenvalue weighted by molar-refractivity contribution is -0.114. The van der Waals surface area contributed by atoms with E-state index in [-0.39, 0.29) is 34.3 Å². The number of benzene rings is 3. The Morgan fingerprint density at radius 3 is 2.25 bits per heavy atom.